The van der Waals surface area contributed by atoms with E-state index in [2.05, 4.69) is 10.3 Å². The van der Waals surface area contributed by atoms with Crippen LogP contribution in [0.3, 0.4) is 0 Å². The Hall–Kier alpha value is -3.48. The second-order valence-electron chi connectivity index (χ2n) is 7.33. The first-order valence-corrected chi connectivity index (χ1v) is 9.00. The van der Waals surface area contributed by atoms with Crippen LogP contribution < -0.4 is 15.8 Å². The van der Waals surface area contributed by atoms with Gasteiger partial charge in [0.25, 0.3) is 5.56 Å². The van der Waals surface area contributed by atoms with Gasteiger partial charge in [-0.15, -0.1) is 0 Å². The zero-order valence-electron chi connectivity index (χ0n) is 15.9. The number of hydrogen-bond acceptors (Lipinski definition) is 4. The standard InChI is InChI=1S/C21H20N4O3/c1-13-22-15-9-5-4-8-14(15)19(27)24(13)12-18(26)25-17-11-7-6-10-16(17)23-20(28)21(25,2)3/h4-11H,12H2,1-3H3,(H,23,28). The summed E-state index contributed by atoms with van der Waals surface area (Å²) < 4.78 is 1.36. The summed E-state index contributed by atoms with van der Waals surface area (Å²) >= 11 is 0. The van der Waals surface area contributed by atoms with E-state index >= 15 is 0 Å². The minimum Gasteiger partial charge on any atom is -0.322 e. The Morgan fingerprint density at radius 2 is 1.75 bits per heavy atom. The lowest BCUT2D eigenvalue weighted by atomic mass is 9.96. The van der Waals surface area contributed by atoms with Crippen LogP contribution in [0.25, 0.3) is 10.9 Å². The topological polar surface area (TPSA) is 84.3 Å². The molecular weight excluding hydrogens is 356 g/mol. The predicted octanol–water partition coefficient (Wildman–Crippen LogP) is 2.47. The molecule has 2 heterocycles. The van der Waals surface area contributed by atoms with E-state index in [0.29, 0.717) is 28.1 Å². The van der Waals surface area contributed by atoms with Gasteiger partial charge in [0.05, 0.1) is 22.3 Å². The van der Waals surface area contributed by atoms with Crippen LogP contribution in [0.4, 0.5) is 11.4 Å². The minimum absolute atomic E-state index is 0.201. The first-order valence-electron chi connectivity index (χ1n) is 9.00. The molecule has 0 radical (unpaired) electrons. The molecule has 0 saturated heterocycles. The highest BCUT2D eigenvalue weighted by Gasteiger charge is 2.43. The van der Waals surface area contributed by atoms with Gasteiger partial charge in [0.15, 0.2) is 0 Å². The summed E-state index contributed by atoms with van der Waals surface area (Å²) in [7, 11) is 0. The molecule has 0 atom stereocenters. The number of carbonyl (C=O) groups excluding carboxylic acids is 2. The molecule has 0 aliphatic carbocycles. The van der Waals surface area contributed by atoms with Crippen LogP contribution in [0.1, 0.15) is 19.7 Å². The Bertz CT molecular complexity index is 1180. The number of fused-ring (bicyclic) bond motifs is 2. The highest BCUT2D eigenvalue weighted by Crippen LogP contribution is 2.36. The van der Waals surface area contributed by atoms with Crippen molar-refractivity contribution in [2.24, 2.45) is 0 Å². The molecule has 142 valence electrons. The molecule has 0 bridgehead atoms. The Morgan fingerprint density at radius 1 is 1.07 bits per heavy atom. The van der Waals surface area contributed by atoms with Gasteiger partial charge in [-0.25, -0.2) is 4.98 Å². The van der Waals surface area contributed by atoms with Gasteiger partial charge in [0, 0.05) is 0 Å². The van der Waals surface area contributed by atoms with Crippen LogP contribution in [0.15, 0.2) is 53.3 Å². The average Bonchev–Trinajstić information content (AvgIpc) is 2.66. The van der Waals surface area contributed by atoms with Crippen molar-refractivity contribution in [3.05, 3.63) is 64.7 Å². The van der Waals surface area contributed by atoms with Gasteiger partial charge in [0.1, 0.15) is 17.9 Å². The number of amides is 2. The van der Waals surface area contributed by atoms with Crippen molar-refractivity contribution in [2.75, 3.05) is 10.2 Å². The molecule has 7 heteroatoms. The largest absolute Gasteiger partial charge is 0.322 e. The normalized spacial score (nSPS) is 15.2. The van der Waals surface area contributed by atoms with E-state index in [1.807, 2.05) is 12.1 Å². The summed E-state index contributed by atoms with van der Waals surface area (Å²) in [6.07, 6.45) is 0. The van der Waals surface area contributed by atoms with Crippen LogP contribution in [0.5, 0.6) is 0 Å². The van der Waals surface area contributed by atoms with E-state index in [1.54, 1.807) is 57.2 Å². The number of hydrogen-bond donors (Lipinski definition) is 1. The first kappa shape index (κ1) is 17.9. The molecule has 1 aliphatic heterocycles. The van der Waals surface area contributed by atoms with Crippen LogP contribution in [-0.2, 0) is 16.1 Å². The SMILES string of the molecule is Cc1nc2ccccc2c(=O)n1CC(=O)N1c2ccccc2NC(=O)C1(C)C. The van der Waals surface area contributed by atoms with E-state index in [9.17, 15) is 14.4 Å². The lowest BCUT2D eigenvalue weighted by Crippen LogP contribution is -2.59. The third kappa shape index (κ3) is 2.67. The molecule has 0 saturated carbocycles. The lowest BCUT2D eigenvalue weighted by Gasteiger charge is -2.42. The van der Waals surface area contributed by atoms with E-state index in [-0.39, 0.29) is 23.9 Å². The molecule has 28 heavy (non-hydrogen) atoms. The summed E-state index contributed by atoms with van der Waals surface area (Å²) in [5, 5.41) is 3.29. The number of para-hydroxylation sites is 3. The van der Waals surface area contributed by atoms with Crippen molar-refractivity contribution in [3.63, 3.8) is 0 Å². The number of benzene rings is 2. The second-order valence-corrected chi connectivity index (χ2v) is 7.33. The number of aromatic nitrogens is 2. The van der Waals surface area contributed by atoms with E-state index < -0.39 is 5.54 Å². The van der Waals surface area contributed by atoms with Gasteiger partial charge >= 0.3 is 0 Å². The number of aryl methyl sites for hydroxylation is 1. The predicted molar refractivity (Wildman–Crippen MR) is 107 cm³/mol. The molecule has 7 nitrogen and oxygen atoms in total. The lowest BCUT2D eigenvalue weighted by molar-refractivity contribution is -0.126. The summed E-state index contributed by atoms with van der Waals surface area (Å²) in [6.45, 7) is 4.87. The molecule has 2 aromatic carbocycles. The van der Waals surface area contributed by atoms with Crippen LogP contribution in [0.2, 0.25) is 0 Å². The average molecular weight is 376 g/mol. The van der Waals surface area contributed by atoms with E-state index in [1.165, 1.54) is 9.47 Å². The van der Waals surface area contributed by atoms with Crippen molar-refractivity contribution in [3.8, 4) is 0 Å². The van der Waals surface area contributed by atoms with Gasteiger partial charge in [-0.1, -0.05) is 24.3 Å². The Kier molecular flexibility index (Phi) is 4.03. The fourth-order valence-electron chi connectivity index (χ4n) is 3.57. The maximum Gasteiger partial charge on any atom is 0.261 e. The Morgan fingerprint density at radius 3 is 2.54 bits per heavy atom. The summed E-state index contributed by atoms with van der Waals surface area (Å²) in [6, 6.07) is 14.2. The number of nitrogens with zero attached hydrogens (tertiary/aromatic N) is 3. The molecule has 1 N–H and O–H groups in total. The molecule has 4 rings (SSSR count). The fraction of sp³-hybridized carbons (Fsp3) is 0.238. The van der Waals surface area contributed by atoms with Crippen molar-refractivity contribution in [2.45, 2.75) is 32.9 Å². The van der Waals surface area contributed by atoms with Crippen molar-refractivity contribution < 1.29 is 9.59 Å². The molecule has 2 amide bonds. The van der Waals surface area contributed by atoms with Crippen molar-refractivity contribution in [1.29, 1.82) is 0 Å². The number of nitrogens with one attached hydrogen (secondary N) is 1. The van der Waals surface area contributed by atoms with E-state index in [0.717, 1.165) is 0 Å². The molecule has 3 aromatic rings. The number of anilines is 2. The molecule has 0 unspecified atom stereocenters. The van der Waals surface area contributed by atoms with Crippen LogP contribution >= 0.6 is 0 Å². The van der Waals surface area contributed by atoms with Gasteiger partial charge < -0.3 is 5.32 Å². The zero-order chi connectivity index (χ0) is 20.1. The highest BCUT2D eigenvalue weighted by atomic mass is 16.2. The maximum atomic E-state index is 13.3. The van der Waals surface area contributed by atoms with Gasteiger partial charge in [0.2, 0.25) is 11.8 Å². The highest BCUT2D eigenvalue weighted by molar-refractivity contribution is 6.14. The van der Waals surface area contributed by atoms with Gasteiger partial charge in [-0.2, -0.15) is 0 Å². The van der Waals surface area contributed by atoms with Gasteiger partial charge in [-0.3, -0.25) is 23.9 Å². The minimum atomic E-state index is -1.09. The first-order chi connectivity index (χ1) is 13.3. The maximum absolute atomic E-state index is 13.3. The molecule has 1 aromatic heterocycles. The monoisotopic (exact) mass is 376 g/mol. The van der Waals surface area contributed by atoms with Crippen molar-refractivity contribution >= 4 is 34.1 Å². The second kappa shape index (κ2) is 6.30. The molecular formula is C21H20N4O3. The quantitative estimate of drug-likeness (QED) is 0.745. The van der Waals surface area contributed by atoms with Crippen LogP contribution in [0, 0.1) is 6.92 Å². The number of carbonyl (C=O) groups is 2. The summed E-state index contributed by atoms with van der Waals surface area (Å²) in [5.41, 5.74) is 0.408. The third-order valence-electron chi connectivity index (χ3n) is 5.10. The summed E-state index contributed by atoms with van der Waals surface area (Å²) in [4.78, 5) is 44.7. The van der Waals surface area contributed by atoms with E-state index in [4.69, 9.17) is 0 Å². The van der Waals surface area contributed by atoms with Gasteiger partial charge in [-0.05, 0) is 45.0 Å². The van der Waals surface area contributed by atoms with Crippen molar-refractivity contribution in [1.82, 2.24) is 9.55 Å². The van der Waals surface area contributed by atoms with Crippen LogP contribution in [-0.4, -0.2) is 26.9 Å². The Balaban J connectivity index is 1.80. The summed E-state index contributed by atoms with van der Waals surface area (Å²) in [5.74, 6) is -0.181. The molecule has 0 spiro atoms. The third-order valence-corrected chi connectivity index (χ3v) is 5.10. The zero-order valence-corrected chi connectivity index (χ0v) is 15.9. The fourth-order valence-corrected chi connectivity index (χ4v) is 3.57. The molecule has 1 aliphatic rings. The molecule has 0 fully saturated rings. The smallest absolute Gasteiger partial charge is 0.261 e. The number of rotatable bonds is 2. The Labute approximate surface area is 161 Å².